The zero-order chi connectivity index (χ0) is 15.5. The van der Waals surface area contributed by atoms with Crippen molar-refractivity contribution in [2.45, 2.75) is 46.3 Å². The molecular weight excluding hydrogens is 268 g/mol. The Balaban J connectivity index is 1.79. The number of carbonyl (C=O) groups excluding carboxylic acids is 1. The lowest BCUT2D eigenvalue weighted by atomic mass is 9.81. The van der Waals surface area contributed by atoms with Gasteiger partial charge in [0.25, 0.3) is 0 Å². The van der Waals surface area contributed by atoms with Crippen LogP contribution in [0, 0.1) is 11.3 Å². The van der Waals surface area contributed by atoms with Gasteiger partial charge in [-0.2, -0.15) is 0 Å². The Labute approximate surface area is 126 Å². The Kier molecular flexibility index (Phi) is 4.93. The van der Waals surface area contributed by atoms with Gasteiger partial charge in [0.05, 0.1) is 18.4 Å². The lowest BCUT2D eigenvalue weighted by molar-refractivity contribution is 0.00773. The molecule has 2 rings (SSSR count). The summed E-state index contributed by atoms with van der Waals surface area (Å²) in [4.78, 5) is 12.0. The van der Waals surface area contributed by atoms with Crippen molar-refractivity contribution in [2.75, 3.05) is 13.2 Å². The van der Waals surface area contributed by atoms with Crippen molar-refractivity contribution in [1.82, 2.24) is 10.6 Å². The van der Waals surface area contributed by atoms with Crippen LogP contribution < -0.4 is 10.6 Å². The number of urea groups is 1. The molecule has 1 saturated heterocycles. The second kappa shape index (κ2) is 6.52. The molecule has 1 aliphatic rings. The van der Waals surface area contributed by atoms with Gasteiger partial charge in [0.2, 0.25) is 0 Å². The standard InChI is InChI=1S/C16H26N2O3/c1-11(13-6-5-8-20-13)18-15(19)17-10-12-7-9-21-14(12)16(2,3)4/h5-6,8,11-12,14H,7,9-10H2,1-4H3,(H2,17,18,19)/t11?,12-,14+/m1/s1. The Hall–Kier alpha value is -1.49. The first-order chi connectivity index (χ1) is 9.88. The number of furan rings is 1. The van der Waals surface area contributed by atoms with Crippen LogP contribution in [0.1, 0.15) is 45.9 Å². The third kappa shape index (κ3) is 4.24. The Morgan fingerprint density at radius 1 is 1.48 bits per heavy atom. The monoisotopic (exact) mass is 294 g/mol. The second-order valence-electron chi connectivity index (χ2n) is 6.80. The van der Waals surface area contributed by atoms with E-state index in [9.17, 15) is 4.79 Å². The number of rotatable bonds is 4. The highest BCUT2D eigenvalue weighted by atomic mass is 16.5. The second-order valence-corrected chi connectivity index (χ2v) is 6.80. The molecule has 5 heteroatoms. The van der Waals surface area contributed by atoms with Crippen molar-refractivity contribution >= 4 is 6.03 Å². The minimum Gasteiger partial charge on any atom is -0.467 e. The fourth-order valence-corrected chi connectivity index (χ4v) is 2.88. The zero-order valence-corrected chi connectivity index (χ0v) is 13.3. The highest BCUT2D eigenvalue weighted by molar-refractivity contribution is 5.74. The number of ether oxygens (including phenoxy) is 1. The van der Waals surface area contributed by atoms with Crippen LogP contribution in [0.3, 0.4) is 0 Å². The summed E-state index contributed by atoms with van der Waals surface area (Å²) in [6.07, 6.45) is 2.80. The molecule has 0 aliphatic carbocycles. The smallest absolute Gasteiger partial charge is 0.315 e. The summed E-state index contributed by atoms with van der Waals surface area (Å²) in [6.45, 7) is 9.84. The molecule has 5 nitrogen and oxygen atoms in total. The van der Waals surface area contributed by atoms with E-state index in [4.69, 9.17) is 9.15 Å². The predicted molar refractivity (Wildman–Crippen MR) is 81.0 cm³/mol. The van der Waals surface area contributed by atoms with E-state index in [2.05, 4.69) is 31.4 Å². The van der Waals surface area contributed by atoms with E-state index < -0.39 is 0 Å². The molecule has 1 aliphatic heterocycles. The summed E-state index contributed by atoms with van der Waals surface area (Å²) < 4.78 is 11.1. The third-order valence-electron chi connectivity index (χ3n) is 3.91. The highest BCUT2D eigenvalue weighted by Gasteiger charge is 2.37. The fourth-order valence-electron chi connectivity index (χ4n) is 2.88. The van der Waals surface area contributed by atoms with Gasteiger partial charge >= 0.3 is 6.03 Å². The van der Waals surface area contributed by atoms with Gasteiger partial charge in [-0.3, -0.25) is 0 Å². The van der Waals surface area contributed by atoms with Crippen molar-refractivity contribution in [3.05, 3.63) is 24.2 Å². The molecule has 2 heterocycles. The van der Waals surface area contributed by atoms with Crippen LogP contribution in [0.4, 0.5) is 4.79 Å². The maximum absolute atomic E-state index is 12.0. The molecule has 1 aromatic rings. The molecule has 0 aromatic carbocycles. The normalized spacial score (nSPS) is 23.8. The van der Waals surface area contributed by atoms with Crippen LogP contribution in [0.25, 0.3) is 0 Å². The summed E-state index contributed by atoms with van der Waals surface area (Å²) in [7, 11) is 0. The van der Waals surface area contributed by atoms with Gasteiger partial charge in [-0.05, 0) is 30.9 Å². The summed E-state index contributed by atoms with van der Waals surface area (Å²) in [5.74, 6) is 1.12. The summed E-state index contributed by atoms with van der Waals surface area (Å²) in [5.41, 5.74) is 0.0980. The first kappa shape index (κ1) is 15.9. The van der Waals surface area contributed by atoms with Crippen molar-refractivity contribution in [1.29, 1.82) is 0 Å². The molecule has 21 heavy (non-hydrogen) atoms. The lowest BCUT2D eigenvalue weighted by Crippen LogP contribution is -2.43. The predicted octanol–water partition coefficient (Wildman–Crippen LogP) is 3.09. The van der Waals surface area contributed by atoms with Crippen molar-refractivity contribution in [3.8, 4) is 0 Å². The molecule has 0 spiro atoms. The van der Waals surface area contributed by atoms with Crippen LogP contribution in [0.5, 0.6) is 0 Å². The van der Waals surface area contributed by atoms with Crippen LogP contribution in [0.2, 0.25) is 0 Å². The van der Waals surface area contributed by atoms with E-state index in [1.165, 1.54) is 0 Å². The Morgan fingerprint density at radius 2 is 2.24 bits per heavy atom. The molecule has 0 bridgehead atoms. The van der Waals surface area contributed by atoms with Crippen LogP contribution >= 0.6 is 0 Å². The first-order valence-electron chi connectivity index (χ1n) is 7.57. The highest BCUT2D eigenvalue weighted by Crippen LogP contribution is 2.34. The number of nitrogens with one attached hydrogen (secondary N) is 2. The zero-order valence-electron chi connectivity index (χ0n) is 13.3. The Morgan fingerprint density at radius 3 is 2.86 bits per heavy atom. The molecule has 0 saturated carbocycles. The van der Waals surface area contributed by atoms with E-state index in [1.807, 2.05) is 19.1 Å². The van der Waals surface area contributed by atoms with E-state index in [-0.39, 0.29) is 23.6 Å². The topological polar surface area (TPSA) is 63.5 Å². The third-order valence-corrected chi connectivity index (χ3v) is 3.91. The molecule has 3 atom stereocenters. The maximum atomic E-state index is 12.0. The van der Waals surface area contributed by atoms with Crippen LogP contribution in [-0.4, -0.2) is 25.3 Å². The lowest BCUT2D eigenvalue weighted by Gasteiger charge is -2.31. The largest absolute Gasteiger partial charge is 0.467 e. The van der Waals surface area contributed by atoms with E-state index in [0.29, 0.717) is 12.5 Å². The summed E-state index contributed by atoms with van der Waals surface area (Å²) in [5, 5.41) is 5.82. The quantitative estimate of drug-likeness (QED) is 0.897. The maximum Gasteiger partial charge on any atom is 0.315 e. The first-order valence-corrected chi connectivity index (χ1v) is 7.57. The van der Waals surface area contributed by atoms with Crippen molar-refractivity contribution < 1.29 is 13.9 Å². The SMILES string of the molecule is CC(NC(=O)NC[C@H]1CCO[C@@H]1C(C)(C)C)c1ccco1. The average molecular weight is 294 g/mol. The van der Waals surface area contributed by atoms with Gasteiger partial charge in [-0.25, -0.2) is 4.79 Å². The fraction of sp³-hybridized carbons (Fsp3) is 0.688. The molecule has 2 amide bonds. The van der Waals surface area contributed by atoms with Gasteiger partial charge in [0, 0.05) is 19.1 Å². The molecule has 1 aromatic heterocycles. The number of hydrogen-bond donors (Lipinski definition) is 2. The van der Waals surface area contributed by atoms with Crippen LogP contribution in [0.15, 0.2) is 22.8 Å². The Bertz CT molecular complexity index is 451. The number of amides is 2. The minimum atomic E-state index is -0.168. The van der Waals surface area contributed by atoms with Gasteiger partial charge < -0.3 is 19.8 Å². The van der Waals surface area contributed by atoms with E-state index in [0.717, 1.165) is 18.8 Å². The summed E-state index contributed by atoms with van der Waals surface area (Å²) >= 11 is 0. The average Bonchev–Trinajstić information content (AvgIpc) is 3.06. The van der Waals surface area contributed by atoms with Gasteiger partial charge in [0.1, 0.15) is 5.76 Å². The van der Waals surface area contributed by atoms with Gasteiger partial charge in [-0.1, -0.05) is 20.8 Å². The number of hydrogen-bond acceptors (Lipinski definition) is 3. The van der Waals surface area contributed by atoms with Gasteiger partial charge in [-0.15, -0.1) is 0 Å². The summed E-state index contributed by atoms with van der Waals surface area (Å²) in [6, 6.07) is 3.36. The molecule has 2 N–H and O–H groups in total. The van der Waals surface area contributed by atoms with Gasteiger partial charge in [0.15, 0.2) is 0 Å². The van der Waals surface area contributed by atoms with Crippen molar-refractivity contribution in [3.63, 3.8) is 0 Å². The molecule has 1 unspecified atom stereocenters. The molecule has 118 valence electrons. The molecular formula is C16H26N2O3. The van der Waals surface area contributed by atoms with E-state index in [1.54, 1.807) is 6.26 Å². The minimum absolute atomic E-state index is 0.0980. The number of carbonyl (C=O) groups is 1. The molecule has 0 radical (unpaired) electrons. The molecule has 1 fully saturated rings. The van der Waals surface area contributed by atoms with E-state index >= 15 is 0 Å². The van der Waals surface area contributed by atoms with Crippen molar-refractivity contribution in [2.24, 2.45) is 11.3 Å². The van der Waals surface area contributed by atoms with Crippen LogP contribution in [-0.2, 0) is 4.74 Å².